The molecule has 1 unspecified atom stereocenters. The third-order valence-electron chi connectivity index (χ3n) is 1.98. The molecule has 0 bridgehead atoms. The Morgan fingerprint density at radius 3 is 2.86 bits per heavy atom. The van der Waals surface area contributed by atoms with E-state index in [1.54, 1.807) is 11.3 Å². The Balaban J connectivity index is 2.41. The van der Waals surface area contributed by atoms with Crippen LogP contribution in [0.2, 0.25) is 0 Å². The lowest BCUT2D eigenvalue weighted by Crippen LogP contribution is -2.15. The molecule has 14 heavy (non-hydrogen) atoms. The van der Waals surface area contributed by atoms with Crippen molar-refractivity contribution in [2.45, 2.75) is 19.8 Å². The molecule has 1 atom stereocenters. The average Bonchev–Trinajstić information content (AvgIpc) is 2.50. The van der Waals surface area contributed by atoms with Gasteiger partial charge in [-0.1, -0.05) is 6.92 Å². The lowest BCUT2D eigenvalue weighted by molar-refractivity contribution is -0.119. The quantitative estimate of drug-likeness (QED) is 0.898. The van der Waals surface area contributed by atoms with E-state index in [0.29, 0.717) is 25.3 Å². The fraction of sp³-hybridized carbons (Fsp3) is 0.500. The molecule has 0 aliphatic heterocycles. The zero-order chi connectivity index (χ0) is 10.6. The largest absolute Gasteiger partial charge is 0.330 e. The zero-order valence-electron chi connectivity index (χ0n) is 8.13. The van der Waals surface area contributed by atoms with Crippen LogP contribution in [0.25, 0.3) is 0 Å². The molecule has 0 amide bonds. The molecular formula is C10H14BrNOS. The summed E-state index contributed by atoms with van der Waals surface area (Å²) in [5, 5.41) is 0. The summed E-state index contributed by atoms with van der Waals surface area (Å²) in [7, 11) is 0. The van der Waals surface area contributed by atoms with Crippen LogP contribution in [0.4, 0.5) is 0 Å². The second kappa shape index (κ2) is 5.63. The van der Waals surface area contributed by atoms with Crippen LogP contribution in [0.15, 0.2) is 15.9 Å². The van der Waals surface area contributed by atoms with Gasteiger partial charge in [-0.15, -0.1) is 11.3 Å². The van der Waals surface area contributed by atoms with Gasteiger partial charge in [-0.05, 0) is 40.5 Å². The molecule has 0 aliphatic rings. The van der Waals surface area contributed by atoms with Crippen LogP contribution < -0.4 is 5.73 Å². The van der Waals surface area contributed by atoms with Gasteiger partial charge in [0.2, 0.25) is 0 Å². The summed E-state index contributed by atoms with van der Waals surface area (Å²) in [4.78, 5) is 12.6. The van der Waals surface area contributed by atoms with E-state index < -0.39 is 0 Å². The average molecular weight is 276 g/mol. The van der Waals surface area contributed by atoms with E-state index in [1.807, 2.05) is 19.1 Å². The maximum Gasteiger partial charge on any atom is 0.138 e. The zero-order valence-corrected chi connectivity index (χ0v) is 10.5. The minimum Gasteiger partial charge on any atom is -0.330 e. The molecule has 1 aromatic heterocycles. The Hall–Kier alpha value is -0.190. The van der Waals surface area contributed by atoms with E-state index >= 15 is 0 Å². The van der Waals surface area contributed by atoms with Gasteiger partial charge in [0.1, 0.15) is 5.78 Å². The standard InChI is InChI=1S/C10H14BrNOS/c1-7(6-12)4-8(13)5-9-2-3-10(11)14-9/h2-3,7H,4-6,12H2,1H3. The van der Waals surface area contributed by atoms with Gasteiger partial charge in [0.15, 0.2) is 0 Å². The number of carbonyl (C=O) groups is 1. The highest BCUT2D eigenvalue weighted by Gasteiger charge is 2.09. The van der Waals surface area contributed by atoms with E-state index in [4.69, 9.17) is 5.73 Å². The first kappa shape index (κ1) is 11.9. The molecular weight excluding hydrogens is 262 g/mol. The van der Waals surface area contributed by atoms with Gasteiger partial charge in [-0.25, -0.2) is 0 Å². The summed E-state index contributed by atoms with van der Waals surface area (Å²) < 4.78 is 1.08. The molecule has 0 spiro atoms. The van der Waals surface area contributed by atoms with E-state index in [2.05, 4.69) is 15.9 Å². The Morgan fingerprint density at radius 2 is 2.36 bits per heavy atom. The van der Waals surface area contributed by atoms with Crippen LogP contribution in [-0.4, -0.2) is 12.3 Å². The van der Waals surface area contributed by atoms with Gasteiger partial charge in [0, 0.05) is 17.7 Å². The van der Waals surface area contributed by atoms with Crippen molar-refractivity contribution in [2.24, 2.45) is 11.7 Å². The molecule has 78 valence electrons. The fourth-order valence-electron chi connectivity index (χ4n) is 1.19. The maximum absolute atomic E-state index is 11.5. The third-order valence-corrected chi connectivity index (χ3v) is 3.60. The molecule has 0 aromatic carbocycles. The second-order valence-electron chi connectivity index (χ2n) is 3.47. The molecule has 1 rings (SSSR count). The molecule has 0 saturated heterocycles. The number of nitrogens with two attached hydrogens (primary N) is 1. The highest BCUT2D eigenvalue weighted by Crippen LogP contribution is 2.23. The minimum atomic E-state index is 0.275. The first-order valence-corrected chi connectivity index (χ1v) is 6.18. The molecule has 1 heterocycles. The Bertz CT molecular complexity index is 311. The highest BCUT2D eigenvalue weighted by atomic mass is 79.9. The van der Waals surface area contributed by atoms with Crippen molar-refractivity contribution in [3.8, 4) is 0 Å². The van der Waals surface area contributed by atoms with Gasteiger partial charge >= 0.3 is 0 Å². The number of thiophene rings is 1. The molecule has 0 radical (unpaired) electrons. The van der Waals surface area contributed by atoms with Crippen LogP contribution in [0.5, 0.6) is 0 Å². The normalized spacial score (nSPS) is 12.8. The summed E-state index contributed by atoms with van der Waals surface area (Å²) in [6, 6.07) is 3.96. The van der Waals surface area contributed by atoms with Gasteiger partial charge < -0.3 is 5.73 Å². The third kappa shape index (κ3) is 3.90. The molecule has 1 aromatic rings. The number of rotatable bonds is 5. The lowest BCUT2D eigenvalue weighted by Gasteiger charge is -2.05. The van der Waals surface area contributed by atoms with E-state index in [0.717, 1.165) is 8.66 Å². The van der Waals surface area contributed by atoms with E-state index in [1.165, 1.54) is 0 Å². The van der Waals surface area contributed by atoms with Crippen molar-refractivity contribution in [1.29, 1.82) is 0 Å². The van der Waals surface area contributed by atoms with Crippen molar-refractivity contribution in [3.05, 3.63) is 20.8 Å². The van der Waals surface area contributed by atoms with Crippen molar-refractivity contribution >= 4 is 33.0 Å². The molecule has 0 fully saturated rings. The van der Waals surface area contributed by atoms with Gasteiger partial charge in [0.25, 0.3) is 0 Å². The summed E-state index contributed by atoms with van der Waals surface area (Å²) in [6.45, 7) is 2.59. The van der Waals surface area contributed by atoms with E-state index in [9.17, 15) is 4.79 Å². The van der Waals surface area contributed by atoms with Crippen molar-refractivity contribution in [3.63, 3.8) is 0 Å². The molecule has 4 heteroatoms. The predicted octanol–water partition coefficient (Wildman–Crippen LogP) is 2.61. The van der Waals surface area contributed by atoms with Crippen LogP contribution in [0, 0.1) is 5.92 Å². The van der Waals surface area contributed by atoms with E-state index in [-0.39, 0.29) is 5.78 Å². The molecule has 0 saturated carbocycles. The Morgan fingerprint density at radius 1 is 1.64 bits per heavy atom. The number of Topliss-reactive ketones (excluding diaryl/α,β-unsaturated/α-hetero) is 1. The summed E-state index contributed by atoms with van der Waals surface area (Å²) in [5.41, 5.74) is 5.46. The van der Waals surface area contributed by atoms with Crippen LogP contribution >= 0.6 is 27.3 Å². The summed E-state index contributed by atoms with van der Waals surface area (Å²) in [6.07, 6.45) is 1.13. The molecule has 2 nitrogen and oxygen atoms in total. The van der Waals surface area contributed by atoms with Crippen molar-refractivity contribution in [2.75, 3.05) is 6.54 Å². The van der Waals surface area contributed by atoms with Crippen molar-refractivity contribution in [1.82, 2.24) is 0 Å². The second-order valence-corrected chi connectivity index (χ2v) is 6.01. The Kier molecular flexibility index (Phi) is 4.78. The summed E-state index contributed by atoms with van der Waals surface area (Å²) in [5.74, 6) is 0.572. The number of ketones is 1. The SMILES string of the molecule is CC(CN)CC(=O)Cc1ccc(Br)s1. The van der Waals surface area contributed by atoms with Gasteiger partial charge in [0.05, 0.1) is 3.79 Å². The number of hydrogen-bond acceptors (Lipinski definition) is 3. The lowest BCUT2D eigenvalue weighted by atomic mass is 10.0. The first-order chi connectivity index (χ1) is 6.61. The number of carbonyl (C=O) groups excluding carboxylic acids is 1. The first-order valence-electron chi connectivity index (χ1n) is 4.57. The monoisotopic (exact) mass is 275 g/mol. The topological polar surface area (TPSA) is 43.1 Å². The van der Waals surface area contributed by atoms with Gasteiger partial charge in [-0.3, -0.25) is 4.79 Å². The van der Waals surface area contributed by atoms with Gasteiger partial charge in [-0.2, -0.15) is 0 Å². The Labute approximate surface area is 96.6 Å². The molecule has 0 aliphatic carbocycles. The molecule has 2 N–H and O–H groups in total. The van der Waals surface area contributed by atoms with Crippen LogP contribution in [-0.2, 0) is 11.2 Å². The highest BCUT2D eigenvalue weighted by molar-refractivity contribution is 9.11. The van der Waals surface area contributed by atoms with Crippen molar-refractivity contribution < 1.29 is 4.79 Å². The van der Waals surface area contributed by atoms with Crippen LogP contribution in [0.3, 0.4) is 0 Å². The smallest absolute Gasteiger partial charge is 0.138 e. The van der Waals surface area contributed by atoms with Crippen LogP contribution in [0.1, 0.15) is 18.2 Å². The minimum absolute atomic E-state index is 0.275. The maximum atomic E-state index is 11.5. The summed E-state index contributed by atoms with van der Waals surface area (Å²) >= 11 is 4.99. The fourth-order valence-corrected chi connectivity index (χ4v) is 2.70. The number of halogens is 1. The predicted molar refractivity (Wildman–Crippen MR) is 63.6 cm³/mol. The number of hydrogen-bond donors (Lipinski definition) is 1.